The second-order valence-corrected chi connectivity index (χ2v) is 6.22. The topological polar surface area (TPSA) is 21.3 Å². The Bertz CT molecular complexity index is 421. The molecule has 4 heteroatoms. The normalized spacial score (nSPS) is 24.0. The maximum atomic E-state index is 12.1. The number of halogens is 2. The van der Waals surface area contributed by atoms with E-state index in [0.717, 1.165) is 23.9 Å². The van der Waals surface area contributed by atoms with Gasteiger partial charge in [0.15, 0.2) is 0 Å². The fourth-order valence-electron chi connectivity index (χ4n) is 3.14. The van der Waals surface area contributed by atoms with Gasteiger partial charge in [-0.2, -0.15) is 8.78 Å². The molecule has 2 rings (SSSR count). The van der Waals surface area contributed by atoms with E-state index < -0.39 is 6.61 Å². The molecule has 2 nitrogen and oxygen atoms in total. The van der Waals surface area contributed by atoms with Crippen molar-refractivity contribution < 1.29 is 13.5 Å². The maximum absolute atomic E-state index is 12.1. The van der Waals surface area contributed by atoms with Crippen molar-refractivity contribution in [2.75, 3.05) is 6.54 Å². The molecule has 21 heavy (non-hydrogen) atoms. The van der Waals surface area contributed by atoms with Gasteiger partial charge in [0.25, 0.3) is 0 Å². The average molecular weight is 297 g/mol. The van der Waals surface area contributed by atoms with Crippen LogP contribution >= 0.6 is 0 Å². The molecule has 118 valence electrons. The van der Waals surface area contributed by atoms with Gasteiger partial charge in [0.05, 0.1) is 0 Å². The van der Waals surface area contributed by atoms with E-state index in [1.54, 1.807) is 12.1 Å². The van der Waals surface area contributed by atoms with Gasteiger partial charge in [-0.15, -0.1) is 0 Å². The molecule has 3 atom stereocenters. The van der Waals surface area contributed by atoms with Crippen LogP contribution in [0, 0.1) is 11.8 Å². The lowest BCUT2D eigenvalue weighted by Crippen LogP contribution is -2.28. The summed E-state index contributed by atoms with van der Waals surface area (Å²) in [5.74, 6) is 1.81. The monoisotopic (exact) mass is 297 g/mol. The third kappa shape index (κ3) is 5.27. The zero-order valence-corrected chi connectivity index (χ0v) is 12.8. The van der Waals surface area contributed by atoms with E-state index in [1.807, 2.05) is 12.1 Å². The van der Waals surface area contributed by atoms with Crippen molar-refractivity contribution in [3.8, 4) is 5.75 Å². The summed E-state index contributed by atoms with van der Waals surface area (Å²) in [5.41, 5.74) is 1.10. The van der Waals surface area contributed by atoms with E-state index in [9.17, 15) is 8.78 Å². The zero-order chi connectivity index (χ0) is 15.2. The van der Waals surface area contributed by atoms with E-state index in [1.165, 1.54) is 25.7 Å². The Morgan fingerprint density at radius 3 is 2.57 bits per heavy atom. The van der Waals surface area contributed by atoms with Gasteiger partial charge in [0, 0.05) is 6.04 Å². The molecule has 3 unspecified atom stereocenters. The summed E-state index contributed by atoms with van der Waals surface area (Å²) in [4.78, 5) is 0. The van der Waals surface area contributed by atoms with Gasteiger partial charge < -0.3 is 10.1 Å². The molecule has 1 aromatic rings. The van der Waals surface area contributed by atoms with Gasteiger partial charge in [-0.1, -0.05) is 31.9 Å². The van der Waals surface area contributed by atoms with Crippen LogP contribution in [0.4, 0.5) is 8.78 Å². The predicted octanol–water partition coefficient (Wildman–Crippen LogP) is 4.76. The van der Waals surface area contributed by atoms with E-state index in [0.29, 0.717) is 0 Å². The zero-order valence-electron chi connectivity index (χ0n) is 12.8. The first-order valence-electron chi connectivity index (χ1n) is 7.82. The van der Waals surface area contributed by atoms with Gasteiger partial charge in [-0.25, -0.2) is 0 Å². The fraction of sp³-hybridized carbons (Fsp3) is 0.647. The van der Waals surface area contributed by atoms with Crippen molar-refractivity contribution in [1.29, 1.82) is 0 Å². The summed E-state index contributed by atoms with van der Waals surface area (Å²) in [6.45, 7) is 2.70. The average Bonchev–Trinajstić information content (AvgIpc) is 2.45. The van der Waals surface area contributed by atoms with E-state index in [2.05, 4.69) is 23.9 Å². The molecule has 1 fully saturated rings. The SMILES string of the molecule is CC1CCCC(CNC(C)c2ccc(OC(F)F)cc2)C1. The number of rotatable bonds is 6. The lowest BCUT2D eigenvalue weighted by Gasteiger charge is -2.28. The van der Waals surface area contributed by atoms with Crippen LogP contribution in [-0.2, 0) is 0 Å². The molecule has 1 aliphatic rings. The van der Waals surface area contributed by atoms with Gasteiger partial charge in [0.2, 0.25) is 0 Å². The fourth-order valence-corrected chi connectivity index (χ4v) is 3.14. The standard InChI is InChI=1S/C17H25F2NO/c1-12-4-3-5-14(10-12)11-20-13(2)15-6-8-16(9-7-15)21-17(18)19/h6-9,12-14,17,20H,3-5,10-11H2,1-2H3. The van der Waals surface area contributed by atoms with Crippen LogP contribution in [0.1, 0.15) is 51.1 Å². The van der Waals surface area contributed by atoms with Gasteiger partial charge >= 0.3 is 6.61 Å². The molecule has 1 N–H and O–H groups in total. The third-order valence-corrected chi connectivity index (χ3v) is 4.36. The molecule has 0 saturated heterocycles. The van der Waals surface area contributed by atoms with Crippen LogP contribution in [-0.4, -0.2) is 13.2 Å². The minimum Gasteiger partial charge on any atom is -0.435 e. The van der Waals surface area contributed by atoms with E-state index in [-0.39, 0.29) is 11.8 Å². The number of benzene rings is 1. The molecular weight excluding hydrogens is 272 g/mol. The van der Waals surface area contributed by atoms with Crippen molar-refractivity contribution in [3.05, 3.63) is 29.8 Å². The minimum atomic E-state index is -2.76. The molecule has 1 aliphatic carbocycles. The van der Waals surface area contributed by atoms with Crippen LogP contribution in [0.3, 0.4) is 0 Å². The van der Waals surface area contributed by atoms with Crippen molar-refractivity contribution >= 4 is 0 Å². The summed E-state index contributed by atoms with van der Waals surface area (Å²) in [6, 6.07) is 7.12. The minimum absolute atomic E-state index is 0.210. The highest BCUT2D eigenvalue weighted by Gasteiger charge is 2.19. The highest BCUT2D eigenvalue weighted by Crippen LogP contribution is 2.28. The van der Waals surface area contributed by atoms with Crippen LogP contribution in [0.5, 0.6) is 5.75 Å². The molecule has 1 saturated carbocycles. The molecule has 0 amide bonds. The van der Waals surface area contributed by atoms with Crippen LogP contribution < -0.4 is 10.1 Å². The van der Waals surface area contributed by atoms with Crippen molar-refractivity contribution in [2.45, 2.75) is 52.2 Å². The predicted molar refractivity (Wildman–Crippen MR) is 80.6 cm³/mol. The first-order chi connectivity index (χ1) is 10.0. The number of ether oxygens (including phenoxy) is 1. The van der Waals surface area contributed by atoms with Crippen molar-refractivity contribution in [1.82, 2.24) is 5.32 Å². The lowest BCUT2D eigenvalue weighted by atomic mass is 9.82. The Morgan fingerprint density at radius 2 is 1.95 bits per heavy atom. The number of alkyl halides is 2. The lowest BCUT2D eigenvalue weighted by molar-refractivity contribution is -0.0498. The van der Waals surface area contributed by atoms with Crippen molar-refractivity contribution in [2.24, 2.45) is 11.8 Å². The quantitative estimate of drug-likeness (QED) is 0.817. The molecule has 0 radical (unpaired) electrons. The molecular formula is C17H25F2NO. The first kappa shape index (κ1) is 16.2. The smallest absolute Gasteiger partial charge is 0.387 e. The molecule has 1 aromatic carbocycles. The second kappa shape index (κ2) is 7.74. The molecule has 0 spiro atoms. The van der Waals surface area contributed by atoms with Crippen LogP contribution in [0.25, 0.3) is 0 Å². The number of hydrogen-bond donors (Lipinski definition) is 1. The molecule has 0 aliphatic heterocycles. The Morgan fingerprint density at radius 1 is 1.24 bits per heavy atom. The molecule has 0 heterocycles. The van der Waals surface area contributed by atoms with Gasteiger partial charge in [-0.05, 0) is 55.8 Å². The Hall–Kier alpha value is -1.16. The van der Waals surface area contributed by atoms with Crippen LogP contribution in [0.2, 0.25) is 0 Å². The Kier molecular flexibility index (Phi) is 5.97. The number of nitrogens with one attached hydrogen (secondary N) is 1. The third-order valence-electron chi connectivity index (χ3n) is 4.36. The first-order valence-corrected chi connectivity index (χ1v) is 7.82. The largest absolute Gasteiger partial charge is 0.435 e. The highest BCUT2D eigenvalue weighted by molar-refractivity contribution is 5.28. The Balaban J connectivity index is 1.81. The highest BCUT2D eigenvalue weighted by atomic mass is 19.3. The number of hydrogen-bond acceptors (Lipinski definition) is 2. The van der Waals surface area contributed by atoms with E-state index in [4.69, 9.17) is 0 Å². The second-order valence-electron chi connectivity index (χ2n) is 6.22. The molecule has 0 aromatic heterocycles. The summed E-state index contributed by atoms with van der Waals surface area (Å²) in [6.07, 6.45) is 5.31. The molecule has 0 bridgehead atoms. The summed E-state index contributed by atoms with van der Waals surface area (Å²) in [7, 11) is 0. The maximum Gasteiger partial charge on any atom is 0.387 e. The van der Waals surface area contributed by atoms with Crippen molar-refractivity contribution in [3.63, 3.8) is 0 Å². The Labute approximate surface area is 125 Å². The van der Waals surface area contributed by atoms with Gasteiger partial charge in [-0.3, -0.25) is 0 Å². The van der Waals surface area contributed by atoms with Gasteiger partial charge in [0.1, 0.15) is 5.75 Å². The summed E-state index contributed by atoms with van der Waals surface area (Å²) < 4.78 is 28.6. The summed E-state index contributed by atoms with van der Waals surface area (Å²) >= 11 is 0. The summed E-state index contributed by atoms with van der Waals surface area (Å²) in [5, 5.41) is 3.56. The van der Waals surface area contributed by atoms with Crippen LogP contribution in [0.15, 0.2) is 24.3 Å². The van der Waals surface area contributed by atoms with E-state index >= 15 is 0 Å².